The lowest BCUT2D eigenvalue weighted by Gasteiger charge is -2.35. The maximum atomic E-state index is 13.6. The Morgan fingerprint density at radius 1 is 1.09 bits per heavy atom. The molecule has 1 atom stereocenters. The minimum atomic E-state index is -3.93. The highest BCUT2D eigenvalue weighted by Crippen LogP contribution is 2.38. The molecule has 1 saturated heterocycles. The van der Waals surface area contributed by atoms with Crippen LogP contribution in [0.1, 0.15) is 24.5 Å². The predicted octanol–water partition coefficient (Wildman–Crippen LogP) is 3.89. The average molecular weight is 492 g/mol. The Bertz CT molecular complexity index is 1130. The molecule has 3 rings (SSSR count). The molecule has 178 valence electrons. The van der Waals surface area contributed by atoms with Crippen molar-refractivity contribution < 1.29 is 18.1 Å². The molecule has 1 unspecified atom stereocenters. The zero-order chi connectivity index (χ0) is 24.2. The van der Waals surface area contributed by atoms with Crippen LogP contribution >= 0.6 is 11.8 Å². The van der Waals surface area contributed by atoms with E-state index in [1.807, 2.05) is 39.0 Å². The van der Waals surface area contributed by atoms with Crippen molar-refractivity contribution >= 4 is 33.8 Å². The van der Waals surface area contributed by atoms with Crippen molar-refractivity contribution in [3.8, 4) is 0 Å². The largest absolute Gasteiger partial charge is 0.303 e. The number of nitro groups is 1. The molecule has 0 radical (unpaired) electrons. The second-order valence-corrected chi connectivity index (χ2v) is 11.5. The SMILES string of the molecule is Cc1ccc(C)c(Sc2ccc([N+](=O)[O-])cc2S(=O)(=O)N2CCN(CC(C)CC=O)CC2)c1. The number of aldehydes is 1. The number of benzene rings is 2. The minimum absolute atomic E-state index is 0.0367. The van der Waals surface area contributed by atoms with Crippen LogP contribution in [0, 0.1) is 29.9 Å². The number of hydrogen-bond acceptors (Lipinski definition) is 7. The zero-order valence-corrected chi connectivity index (χ0v) is 20.7. The Kier molecular flexibility index (Phi) is 8.28. The smallest absolute Gasteiger partial charge is 0.270 e. The molecule has 0 aliphatic carbocycles. The number of carbonyl (C=O) groups is 1. The lowest BCUT2D eigenvalue weighted by atomic mass is 10.1. The number of piperazine rings is 1. The van der Waals surface area contributed by atoms with E-state index in [9.17, 15) is 23.3 Å². The van der Waals surface area contributed by atoms with E-state index in [1.54, 1.807) is 0 Å². The molecule has 33 heavy (non-hydrogen) atoms. The lowest BCUT2D eigenvalue weighted by molar-refractivity contribution is -0.385. The highest BCUT2D eigenvalue weighted by atomic mass is 32.2. The van der Waals surface area contributed by atoms with Gasteiger partial charge in [0, 0.05) is 61.1 Å². The molecule has 1 heterocycles. The van der Waals surface area contributed by atoms with Gasteiger partial charge in [-0.1, -0.05) is 30.8 Å². The second kappa shape index (κ2) is 10.8. The monoisotopic (exact) mass is 491 g/mol. The summed E-state index contributed by atoms with van der Waals surface area (Å²) < 4.78 is 28.6. The van der Waals surface area contributed by atoms with Crippen LogP contribution in [0.25, 0.3) is 0 Å². The number of nitro benzene ring substituents is 1. The van der Waals surface area contributed by atoms with Crippen LogP contribution in [-0.2, 0) is 14.8 Å². The first-order valence-electron chi connectivity index (χ1n) is 10.8. The van der Waals surface area contributed by atoms with Gasteiger partial charge in [0.05, 0.1) is 4.92 Å². The molecule has 1 aliphatic heterocycles. The van der Waals surface area contributed by atoms with Crippen LogP contribution in [0.3, 0.4) is 0 Å². The third kappa shape index (κ3) is 6.20. The quantitative estimate of drug-likeness (QED) is 0.298. The maximum absolute atomic E-state index is 13.6. The fraction of sp³-hybridized carbons (Fsp3) is 0.435. The first-order valence-corrected chi connectivity index (χ1v) is 13.1. The van der Waals surface area contributed by atoms with Crippen LogP contribution < -0.4 is 0 Å². The third-order valence-corrected chi connectivity index (χ3v) is 9.02. The van der Waals surface area contributed by atoms with Crippen LogP contribution in [0.4, 0.5) is 5.69 Å². The normalized spacial score (nSPS) is 16.5. The van der Waals surface area contributed by atoms with Crippen molar-refractivity contribution in [1.29, 1.82) is 0 Å². The van der Waals surface area contributed by atoms with Crippen molar-refractivity contribution in [1.82, 2.24) is 9.21 Å². The first-order chi connectivity index (χ1) is 15.6. The molecule has 0 saturated carbocycles. The van der Waals surface area contributed by atoms with E-state index in [0.29, 0.717) is 37.5 Å². The van der Waals surface area contributed by atoms with E-state index < -0.39 is 14.9 Å². The summed E-state index contributed by atoms with van der Waals surface area (Å²) in [4.78, 5) is 25.0. The molecule has 2 aromatic rings. The summed E-state index contributed by atoms with van der Waals surface area (Å²) >= 11 is 1.31. The Hall–Kier alpha value is -2.27. The summed E-state index contributed by atoms with van der Waals surface area (Å²) in [5, 5.41) is 11.4. The molecule has 0 amide bonds. The molecule has 0 aromatic heterocycles. The highest BCUT2D eigenvalue weighted by molar-refractivity contribution is 8.00. The van der Waals surface area contributed by atoms with E-state index >= 15 is 0 Å². The van der Waals surface area contributed by atoms with Crippen molar-refractivity contribution in [3.63, 3.8) is 0 Å². The third-order valence-electron chi connectivity index (χ3n) is 5.72. The second-order valence-electron chi connectivity index (χ2n) is 8.47. The summed E-state index contributed by atoms with van der Waals surface area (Å²) in [7, 11) is -3.93. The molecule has 10 heteroatoms. The summed E-state index contributed by atoms with van der Waals surface area (Å²) in [5.74, 6) is 0.211. The van der Waals surface area contributed by atoms with Gasteiger partial charge in [-0.2, -0.15) is 4.31 Å². The molecule has 0 spiro atoms. The van der Waals surface area contributed by atoms with E-state index in [-0.39, 0.29) is 16.5 Å². The van der Waals surface area contributed by atoms with Crippen molar-refractivity contribution in [2.45, 2.75) is 41.9 Å². The molecule has 8 nitrogen and oxygen atoms in total. The number of carbonyl (C=O) groups excluding carboxylic acids is 1. The van der Waals surface area contributed by atoms with E-state index in [4.69, 9.17) is 0 Å². The van der Waals surface area contributed by atoms with Gasteiger partial charge in [-0.3, -0.25) is 10.1 Å². The molecule has 1 fully saturated rings. The maximum Gasteiger partial charge on any atom is 0.270 e. The Morgan fingerprint density at radius 2 is 1.79 bits per heavy atom. The zero-order valence-electron chi connectivity index (χ0n) is 19.1. The summed E-state index contributed by atoms with van der Waals surface area (Å²) in [6.07, 6.45) is 1.38. The molecular weight excluding hydrogens is 462 g/mol. The molecule has 0 bridgehead atoms. The van der Waals surface area contributed by atoms with Gasteiger partial charge < -0.3 is 9.69 Å². The fourth-order valence-corrected chi connectivity index (χ4v) is 6.76. The van der Waals surface area contributed by atoms with Crippen LogP contribution in [0.2, 0.25) is 0 Å². The van der Waals surface area contributed by atoms with Crippen LogP contribution in [0.5, 0.6) is 0 Å². The van der Waals surface area contributed by atoms with E-state index in [0.717, 1.165) is 28.9 Å². The Morgan fingerprint density at radius 3 is 2.42 bits per heavy atom. The fourth-order valence-electron chi connectivity index (χ4n) is 3.80. The number of nitrogens with zero attached hydrogens (tertiary/aromatic N) is 3. The predicted molar refractivity (Wildman–Crippen MR) is 128 cm³/mol. The number of aryl methyl sites for hydroxylation is 2. The number of sulfonamides is 1. The topological polar surface area (TPSA) is 101 Å². The van der Waals surface area contributed by atoms with Gasteiger partial charge >= 0.3 is 0 Å². The highest BCUT2D eigenvalue weighted by Gasteiger charge is 2.32. The van der Waals surface area contributed by atoms with Crippen molar-refractivity contribution in [2.75, 3.05) is 32.7 Å². The minimum Gasteiger partial charge on any atom is -0.303 e. The van der Waals surface area contributed by atoms with Crippen molar-refractivity contribution in [2.24, 2.45) is 5.92 Å². The molecule has 0 N–H and O–H groups in total. The molecule has 1 aliphatic rings. The van der Waals surface area contributed by atoms with Gasteiger partial charge in [-0.25, -0.2) is 8.42 Å². The number of hydrogen-bond donors (Lipinski definition) is 0. The molecule has 2 aromatic carbocycles. The van der Waals surface area contributed by atoms with Gasteiger partial charge in [0.15, 0.2) is 0 Å². The summed E-state index contributed by atoms with van der Waals surface area (Å²) in [6, 6.07) is 9.98. The van der Waals surface area contributed by atoms with Gasteiger partial charge in [0.1, 0.15) is 11.2 Å². The van der Waals surface area contributed by atoms with Crippen molar-refractivity contribution in [3.05, 3.63) is 57.6 Å². The van der Waals surface area contributed by atoms with Gasteiger partial charge in [0.25, 0.3) is 5.69 Å². The van der Waals surface area contributed by atoms with E-state index in [2.05, 4.69) is 4.90 Å². The van der Waals surface area contributed by atoms with E-state index in [1.165, 1.54) is 34.3 Å². The van der Waals surface area contributed by atoms with Crippen LogP contribution in [-0.4, -0.2) is 61.6 Å². The van der Waals surface area contributed by atoms with Crippen LogP contribution in [0.15, 0.2) is 51.1 Å². The lowest BCUT2D eigenvalue weighted by Crippen LogP contribution is -2.49. The van der Waals surface area contributed by atoms with Gasteiger partial charge in [0.2, 0.25) is 10.0 Å². The summed E-state index contributed by atoms with van der Waals surface area (Å²) in [6.45, 7) is 8.35. The average Bonchev–Trinajstić information content (AvgIpc) is 2.77. The Labute approximate surface area is 199 Å². The number of rotatable bonds is 9. The molecular formula is C23H29N3O5S2. The Balaban J connectivity index is 1.88. The van der Waals surface area contributed by atoms with Gasteiger partial charge in [-0.15, -0.1) is 0 Å². The summed E-state index contributed by atoms with van der Waals surface area (Å²) in [5.41, 5.74) is 1.81. The standard InChI is InChI=1S/C23H29N3O5S2/c1-17-4-5-19(3)22(14-17)32-21-7-6-20(26(28)29)15-23(21)33(30,31)25-11-9-24(10-12-25)16-18(2)8-13-27/h4-7,13-15,18H,8-12,16H2,1-3H3. The number of non-ortho nitro benzene ring substituents is 1. The first kappa shape index (κ1) is 25.4. The van der Waals surface area contributed by atoms with Gasteiger partial charge in [-0.05, 0) is 43.0 Å².